The zero-order valence-electron chi connectivity index (χ0n) is 10.1. The lowest BCUT2D eigenvalue weighted by Gasteiger charge is -2.38. The van der Waals surface area contributed by atoms with Crippen LogP contribution in [0.25, 0.3) is 0 Å². The van der Waals surface area contributed by atoms with Crippen LogP contribution >= 0.6 is 0 Å². The van der Waals surface area contributed by atoms with Crippen LogP contribution in [0.15, 0.2) is 30.3 Å². The molecule has 0 heterocycles. The maximum atomic E-state index is 11.9. The molecule has 6 heteroatoms. The number of para-hydroxylation sites is 1. The topological polar surface area (TPSA) is 107 Å². The molecule has 1 aliphatic carbocycles. The number of carbonyl (C=O) groups excluding carboxylic acids is 1. The first-order valence-electron chi connectivity index (χ1n) is 5.96. The van der Waals surface area contributed by atoms with Crippen LogP contribution in [-0.2, 0) is 4.79 Å². The number of carbonyl (C=O) groups is 1. The van der Waals surface area contributed by atoms with Gasteiger partial charge in [-0.2, -0.15) is 0 Å². The van der Waals surface area contributed by atoms with Crippen molar-refractivity contribution in [2.45, 2.75) is 36.8 Å². The molecule has 0 aromatic heterocycles. The molecule has 2 atom stereocenters. The molecule has 0 radical (unpaired) electrons. The van der Waals surface area contributed by atoms with Crippen LogP contribution in [0.5, 0.6) is 5.75 Å². The summed E-state index contributed by atoms with van der Waals surface area (Å²) in [6, 6.07) is 8.18. The standard InChI is InChI=1S/C13H16O6/c14-9-6-13(18,7-10(15)11(9)16)12(17)19-8-4-2-1-3-5-8/h1-5,9-11,14-16,18H,6-7H2/t9-,10-,11?,13?/m1/s1. The van der Waals surface area contributed by atoms with Gasteiger partial charge in [0.25, 0.3) is 0 Å². The van der Waals surface area contributed by atoms with Gasteiger partial charge in [0.1, 0.15) is 11.9 Å². The molecule has 19 heavy (non-hydrogen) atoms. The van der Waals surface area contributed by atoms with E-state index in [9.17, 15) is 25.2 Å². The number of esters is 1. The number of hydrogen-bond acceptors (Lipinski definition) is 6. The van der Waals surface area contributed by atoms with Gasteiger partial charge in [-0.05, 0) is 12.1 Å². The summed E-state index contributed by atoms with van der Waals surface area (Å²) < 4.78 is 5.00. The molecule has 0 bridgehead atoms. The second-order valence-corrected chi connectivity index (χ2v) is 4.77. The van der Waals surface area contributed by atoms with E-state index in [0.29, 0.717) is 0 Å². The van der Waals surface area contributed by atoms with E-state index in [1.54, 1.807) is 30.3 Å². The van der Waals surface area contributed by atoms with Gasteiger partial charge in [0.05, 0.1) is 12.2 Å². The zero-order valence-corrected chi connectivity index (χ0v) is 10.1. The average molecular weight is 268 g/mol. The maximum Gasteiger partial charge on any atom is 0.343 e. The highest BCUT2D eigenvalue weighted by atomic mass is 16.6. The van der Waals surface area contributed by atoms with Crippen LogP contribution < -0.4 is 4.74 Å². The fourth-order valence-electron chi connectivity index (χ4n) is 2.13. The van der Waals surface area contributed by atoms with E-state index in [-0.39, 0.29) is 18.6 Å². The van der Waals surface area contributed by atoms with Gasteiger partial charge in [0.15, 0.2) is 5.60 Å². The molecule has 0 unspecified atom stereocenters. The average Bonchev–Trinajstić information content (AvgIpc) is 2.37. The lowest BCUT2D eigenvalue weighted by atomic mass is 9.79. The van der Waals surface area contributed by atoms with Crippen LogP contribution in [0.2, 0.25) is 0 Å². The molecular weight excluding hydrogens is 252 g/mol. The number of aliphatic hydroxyl groups excluding tert-OH is 3. The van der Waals surface area contributed by atoms with Crippen molar-refractivity contribution in [2.24, 2.45) is 0 Å². The van der Waals surface area contributed by atoms with E-state index >= 15 is 0 Å². The Morgan fingerprint density at radius 1 is 1.11 bits per heavy atom. The van der Waals surface area contributed by atoms with Gasteiger partial charge in [-0.25, -0.2) is 4.79 Å². The SMILES string of the molecule is O=C(Oc1ccccc1)C1(O)C[C@@H](O)C(O)[C@H](O)C1. The summed E-state index contributed by atoms with van der Waals surface area (Å²) >= 11 is 0. The predicted octanol–water partition coefficient (Wildman–Crippen LogP) is -0.800. The molecule has 6 nitrogen and oxygen atoms in total. The highest BCUT2D eigenvalue weighted by Gasteiger charge is 2.49. The van der Waals surface area contributed by atoms with Crippen molar-refractivity contribution >= 4 is 5.97 Å². The quantitative estimate of drug-likeness (QED) is 0.413. The fraction of sp³-hybridized carbons (Fsp3) is 0.462. The molecule has 1 saturated carbocycles. The summed E-state index contributed by atoms with van der Waals surface area (Å²) in [5, 5.41) is 38.6. The first kappa shape index (κ1) is 14.0. The number of rotatable bonds is 2. The van der Waals surface area contributed by atoms with Gasteiger partial charge in [-0.1, -0.05) is 18.2 Å². The monoisotopic (exact) mass is 268 g/mol. The van der Waals surface area contributed by atoms with Gasteiger partial charge < -0.3 is 25.2 Å². The van der Waals surface area contributed by atoms with Crippen molar-refractivity contribution in [1.29, 1.82) is 0 Å². The molecule has 1 aromatic rings. The molecule has 2 rings (SSSR count). The molecule has 4 N–H and O–H groups in total. The van der Waals surface area contributed by atoms with E-state index in [0.717, 1.165) is 0 Å². The first-order chi connectivity index (χ1) is 8.92. The minimum atomic E-state index is -2.01. The van der Waals surface area contributed by atoms with Gasteiger partial charge in [0, 0.05) is 12.8 Å². The number of hydrogen-bond donors (Lipinski definition) is 4. The van der Waals surface area contributed by atoms with Crippen molar-refractivity contribution in [2.75, 3.05) is 0 Å². The van der Waals surface area contributed by atoms with E-state index in [2.05, 4.69) is 0 Å². The highest BCUT2D eigenvalue weighted by molar-refractivity contribution is 5.81. The van der Waals surface area contributed by atoms with Gasteiger partial charge >= 0.3 is 5.97 Å². The largest absolute Gasteiger partial charge is 0.424 e. The highest BCUT2D eigenvalue weighted by Crippen LogP contribution is 2.30. The van der Waals surface area contributed by atoms with Crippen LogP contribution in [-0.4, -0.2) is 50.3 Å². The Morgan fingerprint density at radius 3 is 2.16 bits per heavy atom. The van der Waals surface area contributed by atoms with Crippen molar-refractivity contribution in [3.05, 3.63) is 30.3 Å². The molecule has 0 spiro atoms. The van der Waals surface area contributed by atoms with E-state index in [1.807, 2.05) is 0 Å². The van der Waals surface area contributed by atoms with Gasteiger partial charge in [-0.3, -0.25) is 0 Å². The second-order valence-electron chi connectivity index (χ2n) is 4.77. The molecular formula is C13H16O6. The predicted molar refractivity (Wildman–Crippen MR) is 64.3 cm³/mol. The summed E-state index contributed by atoms with van der Waals surface area (Å²) in [5.74, 6) is -0.695. The Kier molecular flexibility index (Phi) is 3.86. The first-order valence-corrected chi connectivity index (χ1v) is 5.96. The molecule has 0 amide bonds. The zero-order chi connectivity index (χ0) is 14.0. The van der Waals surface area contributed by atoms with E-state index < -0.39 is 29.9 Å². The summed E-state index contributed by atoms with van der Waals surface area (Å²) in [6.45, 7) is 0. The van der Waals surface area contributed by atoms with Crippen LogP contribution in [0, 0.1) is 0 Å². The summed E-state index contributed by atoms with van der Waals surface area (Å²) in [5.41, 5.74) is -2.01. The normalized spacial score (nSPS) is 34.8. The third kappa shape index (κ3) is 2.93. The number of benzene rings is 1. The lowest BCUT2D eigenvalue weighted by Crippen LogP contribution is -2.57. The number of ether oxygens (including phenoxy) is 1. The lowest BCUT2D eigenvalue weighted by molar-refractivity contribution is -0.184. The maximum absolute atomic E-state index is 11.9. The van der Waals surface area contributed by atoms with Crippen molar-refractivity contribution < 1.29 is 30.0 Å². The Morgan fingerprint density at radius 2 is 1.63 bits per heavy atom. The smallest absolute Gasteiger partial charge is 0.343 e. The molecule has 1 fully saturated rings. The second kappa shape index (κ2) is 5.26. The molecule has 104 valence electrons. The molecule has 1 aromatic carbocycles. The van der Waals surface area contributed by atoms with Crippen LogP contribution in [0.4, 0.5) is 0 Å². The van der Waals surface area contributed by atoms with E-state index in [1.165, 1.54) is 0 Å². The molecule has 1 aliphatic rings. The Hall–Kier alpha value is -1.47. The third-order valence-corrected chi connectivity index (χ3v) is 3.22. The fourth-order valence-corrected chi connectivity index (χ4v) is 2.13. The van der Waals surface area contributed by atoms with Gasteiger partial charge in [0.2, 0.25) is 0 Å². The number of aliphatic hydroxyl groups is 4. The van der Waals surface area contributed by atoms with Gasteiger partial charge in [-0.15, -0.1) is 0 Å². The van der Waals surface area contributed by atoms with Crippen molar-refractivity contribution in [3.63, 3.8) is 0 Å². The summed E-state index contributed by atoms with van der Waals surface area (Å²) in [6.07, 6.45) is -4.88. The molecule has 0 aliphatic heterocycles. The Bertz CT molecular complexity index is 434. The van der Waals surface area contributed by atoms with Crippen molar-refractivity contribution in [1.82, 2.24) is 0 Å². The Balaban J connectivity index is 2.10. The summed E-state index contributed by atoms with van der Waals surface area (Å²) in [7, 11) is 0. The van der Waals surface area contributed by atoms with E-state index in [4.69, 9.17) is 4.74 Å². The third-order valence-electron chi connectivity index (χ3n) is 3.22. The summed E-state index contributed by atoms with van der Waals surface area (Å²) in [4.78, 5) is 11.9. The van der Waals surface area contributed by atoms with Crippen LogP contribution in [0.3, 0.4) is 0 Å². The van der Waals surface area contributed by atoms with Crippen LogP contribution in [0.1, 0.15) is 12.8 Å². The Labute approximate surface area is 109 Å². The van der Waals surface area contributed by atoms with Crippen molar-refractivity contribution in [3.8, 4) is 5.75 Å². The minimum Gasteiger partial charge on any atom is -0.424 e. The molecule has 0 saturated heterocycles. The minimum absolute atomic E-state index is 0.260.